The van der Waals surface area contributed by atoms with E-state index in [-0.39, 0.29) is 0 Å². The van der Waals surface area contributed by atoms with Crippen LogP contribution in [0, 0.1) is 0 Å². The van der Waals surface area contributed by atoms with Gasteiger partial charge in [0.1, 0.15) is 0 Å². The fraction of sp³-hybridized carbons (Fsp3) is 0.286. The predicted octanol–water partition coefficient (Wildman–Crippen LogP) is 3.92. The first-order valence-corrected chi connectivity index (χ1v) is 7.71. The summed E-state index contributed by atoms with van der Waals surface area (Å²) in [7, 11) is 0. The normalized spacial score (nSPS) is 12.6. The van der Waals surface area contributed by atoms with Crippen LogP contribution in [0.4, 0.5) is 0 Å². The predicted molar refractivity (Wildman–Crippen MR) is 82.3 cm³/mol. The van der Waals surface area contributed by atoms with Crippen molar-refractivity contribution in [1.29, 1.82) is 0 Å². The fourth-order valence-corrected chi connectivity index (χ4v) is 2.91. The van der Waals surface area contributed by atoms with Crippen LogP contribution in [0.3, 0.4) is 0 Å². The van der Waals surface area contributed by atoms with E-state index in [1.807, 2.05) is 0 Å². The first-order valence-electron chi connectivity index (χ1n) is 6.01. The zero-order valence-corrected chi connectivity index (χ0v) is 12.6. The fourth-order valence-electron chi connectivity index (χ4n) is 1.79. The highest BCUT2D eigenvalue weighted by molar-refractivity contribution is 7.07. The summed E-state index contributed by atoms with van der Waals surface area (Å²) >= 11 is 13.6. The third-order valence-corrected chi connectivity index (χ3v) is 4.14. The Morgan fingerprint density at radius 1 is 1.26 bits per heavy atom. The molecule has 1 aromatic heterocycles. The Bertz CT molecular complexity index is 516. The Hall–Kier alpha value is -0.580. The van der Waals surface area contributed by atoms with Crippen LogP contribution in [-0.4, -0.2) is 18.2 Å². The average molecular weight is 316 g/mol. The third-order valence-electron chi connectivity index (χ3n) is 2.83. The van der Waals surface area contributed by atoms with Gasteiger partial charge in [0.15, 0.2) is 0 Å². The molecule has 0 fully saturated rings. The SMILES string of the molecule is OC(CNCCc1ccsc1)c1cc(Cl)ccc1Cl. The summed E-state index contributed by atoms with van der Waals surface area (Å²) < 4.78 is 0. The van der Waals surface area contributed by atoms with Crippen molar-refractivity contribution < 1.29 is 5.11 Å². The largest absolute Gasteiger partial charge is 0.387 e. The highest BCUT2D eigenvalue weighted by Crippen LogP contribution is 2.25. The minimum Gasteiger partial charge on any atom is -0.387 e. The molecular formula is C14H15Cl2NOS. The number of benzene rings is 1. The second-order valence-corrected chi connectivity index (χ2v) is 5.89. The van der Waals surface area contributed by atoms with Crippen molar-refractivity contribution in [2.45, 2.75) is 12.5 Å². The molecule has 5 heteroatoms. The molecule has 0 amide bonds. The molecule has 0 bridgehead atoms. The number of thiophene rings is 1. The summed E-state index contributed by atoms with van der Waals surface area (Å²) in [5.74, 6) is 0. The lowest BCUT2D eigenvalue weighted by atomic mass is 10.1. The smallest absolute Gasteiger partial charge is 0.0929 e. The molecule has 19 heavy (non-hydrogen) atoms. The van der Waals surface area contributed by atoms with E-state index in [1.165, 1.54) is 5.56 Å². The van der Waals surface area contributed by atoms with Crippen molar-refractivity contribution in [3.63, 3.8) is 0 Å². The summed E-state index contributed by atoms with van der Waals surface area (Å²) in [6.45, 7) is 1.29. The molecule has 0 spiro atoms. The van der Waals surface area contributed by atoms with Crippen molar-refractivity contribution in [3.05, 3.63) is 56.2 Å². The average Bonchev–Trinajstić information content (AvgIpc) is 2.90. The minimum atomic E-state index is -0.645. The maximum absolute atomic E-state index is 10.1. The van der Waals surface area contributed by atoms with Gasteiger partial charge in [-0.2, -0.15) is 11.3 Å². The standard InChI is InChI=1S/C14H15Cl2NOS/c15-11-1-2-13(16)12(7-11)14(18)8-17-5-3-10-4-6-19-9-10/h1-2,4,6-7,9,14,17-18H,3,5,8H2. The zero-order valence-electron chi connectivity index (χ0n) is 10.3. The van der Waals surface area contributed by atoms with Crippen LogP contribution in [0.15, 0.2) is 35.0 Å². The third kappa shape index (κ3) is 4.48. The number of halogens is 2. The first kappa shape index (κ1) is 14.8. The molecular weight excluding hydrogens is 301 g/mol. The number of nitrogens with one attached hydrogen (secondary N) is 1. The van der Waals surface area contributed by atoms with E-state index in [1.54, 1.807) is 29.5 Å². The van der Waals surface area contributed by atoms with Crippen LogP contribution in [0.25, 0.3) is 0 Å². The van der Waals surface area contributed by atoms with Gasteiger partial charge in [-0.1, -0.05) is 23.2 Å². The molecule has 0 saturated carbocycles. The molecule has 102 valence electrons. The van der Waals surface area contributed by atoms with Gasteiger partial charge in [-0.05, 0) is 53.6 Å². The van der Waals surface area contributed by atoms with Gasteiger partial charge in [0, 0.05) is 22.2 Å². The number of hydrogen-bond acceptors (Lipinski definition) is 3. The van der Waals surface area contributed by atoms with Gasteiger partial charge in [-0.25, -0.2) is 0 Å². The minimum absolute atomic E-state index is 0.462. The number of aliphatic hydroxyl groups is 1. The quantitative estimate of drug-likeness (QED) is 0.792. The van der Waals surface area contributed by atoms with E-state index in [0.29, 0.717) is 22.2 Å². The Balaban J connectivity index is 1.80. The van der Waals surface area contributed by atoms with E-state index in [0.717, 1.165) is 13.0 Å². The molecule has 0 aliphatic rings. The monoisotopic (exact) mass is 315 g/mol. The Labute approximate surface area is 127 Å². The maximum Gasteiger partial charge on any atom is 0.0929 e. The van der Waals surface area contributed by atoms with Gasteiger partial charge in [0.05, 0.1) is 6.10 Å². The van der Waals surface area contributed by atoms with Gasteiger partial charge in [0.25, 0.3) is 0 Å². The molecule has 0 saturated heterocycles. The number of rotatable bonds is 6. The van der Waals surface area contributed by atoms with Crippen molar-refractivity contribution in [1.82, 2.24) is 5.32 Å². The van der Waals surface area contributed by atoms with Crippen LogP contribution in [0.5, 0.6) is 0 Å². The Morgan fingerprint density at radius 3 is 2.84 bits per heavy atom. The van der Waals surface area contributed by atoms with Crippen LogP contribution in [-0.2, 0) is 6.42 Å². The van der Waals surface area contributed by atoms with E-state index in [9.17, 15) is 5.11 Å². The van der Waals surface area contributed by atoms with Gasteiger partial charge < -0.3 is 10.4 Å². The summed E-state index contributed by atoms with van der Waals surface area (Å²) in [6, 6.07) is 7.23. The molecule has 2 nitrogen and oxygen atoms in total. The van der Waals surface area contributed by atoms with Crippen molar-refractivity contribution in [3.8, 4) is 0 Å². The molecule has 2 N–H and O–H groups in total. The second-order valence-electron chi connectivity index (χ2n) is 4.27. The molecule has 1 atom stereocenters. The van der Waals surface area contributed by atoms with Crippen molar-refractivity contribution >= 4 is 34.5 Å². The summed E-state index contributed by atoms with van der Waals surface area (Å²) in [5.41, 5.74) is 1.98. The molecule has 1 aromatic carbocycles. The number of hydrogen-bond donors (Lipinski definition) is 2. The van der Waals surface area contributed by atoms with Crippen LogP contribution in [0.1, 0.15) is 17.2 Å². The summed E-state index contributed by atoms with van der Waals surface area (Å²) in [5, 5.41) is 18.6. The van der Waals surface area contributed by atoms with Gasteiger partial charge in [0.2, 0.25) is 0 Å². The number of aliphatic hydroxyl groups excluding tert-OH is 1. The maximum atomic E-state index is 10.1. The summed E-state index contributed by atoms with van der Waals surface area (Å²) in [4.78, 5) is 0. The molecule has 2 aromatic rings. The van der Waals surface area contributed by atoms with Gasteiger partial charge >= 0.3 is 0 Å². The van der Waals surface area contributed by atoms with Gasteiger partial charge in [-0.15, -0.1) is 0 Å². The lowest BCUT2D eigenvalue weighted by molar-refractivity contribution is 0.175. The second kappa shape index (κ2) is 7.27. The van der Waals surface area contributed by atoms with Gasteiger partial charge in [-0.3, -0.25) is 0 Å². The lowest BCUT2D eigenvalue weighted by Gasteiger charge is -2.14. The topological polar surface area (TPSA) is 32.3 Å². The zero-order chi connectivity index (χ0) is 13.7. The van der Waals surface area contributed by atoms with E-state index in [2.05, 4.69) is 22.1 Å². The highest BCUT2D eigenvalue weighted by atomic mass is 35.5. The Kier molecular flexibility index (Phi) is 5.67. The molecule has 1 unspecified atom stereocenters. The van der Waals surface area contributed by atoms with Crippen LogP contribution < -0.4 is 5.32 Å². The first-order chi connectivity index (χ1) is 9.16. The van der Waals surface area contributed by atoms with Crippen LogP contribution in [0.2, 0.25) is 10.0 Å². The highest BCUT2D eigenvalue weighted by Gasteiger charge is 2.11. The molecule has 2 rings (SSSR count). The van der Waals surface area contributed by atoms with E-state index >= 15 is 0 Å². The van der Waals surface area contributed by atoms with E-state index in [4.69, 9.17) is 23.2 Å². The van der Waals surface area contributed by atoms with Crippen LogP contribution >= 0.6 is 34.5 Å². The van der Waals surface area contributed by atoms with Crippen molar-refractivity contribution in [2.75, 3.05) is 13.1 Å². The summed E-state index contributed by atoms with van der Waals surface area (Å²) in [6.07, 6.45) is 0.313. The van der Waals surface area contributed by atoms with E-state index < -0.39 is 6.10 Å². The molecule has 1 heterocycles. The van der Waals surface area contributed by atoms with Crippen molar-refractivity contribution in [2.24, 2.45) is 0 Å². The molecule has 0 aliphatic heterocycles. The molecule has 0 radical (unpaired) electrons. The Morgan fingerprint density at radius 2 is 2.11 bits per heavy atom. The lowest BCUT2D eigenvalue weighted by Crippen LogP contribution is -2.23. The molecule has 0 aliphatic carbocycles.